The Balaban J connectivity index is 0.00000242. The summed E-state index contributed by atoms with van der Waals surface area (Å²) in [5.41, 5.74) is 7.40. The van der Waals surface area contributed by atoms with Crippen LogP contribution in [0.5, 0.6) is 0 Å². The number of benzene rings is 2. The summed E-state index contributed by atoms with van der Waals surface area (Å²) in [7, 11) is 0. The van der Waals surface area contributed by atoms with Gasteiger partial charge in [-0.1, -0.05) is 58.5 Å². The molecule has 0 aromatic heterocycles. The molecule has 1 unspecified atom stereocenters. The molecule has 2 aromatic carbocycles. The van der Waals surface area contributed by atoms with Crippen LogP contribution in [0.15, 0.2) is 36.4 Å². The minimum absolute atomic E-state index is 0. The van der Waals surface area contributed by atoms with Crippen molar-refractivity contribution in [2.75, 3.05) is 6.54 Å². The molecule has 0 radical (unpaired) electrons. The highest BCUT2D eigenvalue weighted by Crippen LogP contribution is 2.29. The molecular formula is C15H14Cl5NO. The zero-order chi connectivity index (χ0) is 15.4. The number of rotatable bonds is 5. The predicted molar refractivity (Wildman–Crippen MR) is 96.8 cm³/mol. The Morgan fingerprint density at radius 3 is 2.05 bits per heavy atom. The second-order valence-corrected chi connectivity index (χ2v) is 6.12. The lowest BCUT2D eigenvalue weighted by Gasteiger charge is -2.18. The summed E-state index contributed by atoms with van der Waals surface area (Å²) < 4.78 is 5.82. The molecule has 120 valence electrons. The van der Waals surface area contributed by atoms with Gasteiger partial charge in [0.15, 0.2) is 0 Å². The van der Waals surface area contributed by atoms with Gasteiger partial charge in [0.2, 0.25) is 0 Å². The average molecular weight is 402 g/mol. The molecule has 7 heteroatoms. The maximum atomic E-state index is 6.17. The van der Waals surface area contributed by atoms with Gasteiger partial charge >= 0.3 is 0 Å². The molecule has 0 spiro atoms. The molecule has 2 rings (SSSR count). The Morgan fingerprint density at radius 2 is 1.50 bits per heavy atom. The van der Waals surface area contributed by atoms with E-state index in [1.807, 2.05) is 12.1 Å². The molecule has 0 fully saturated rings. The van der Waals surface area contributed by atoms with E-state index < -0.39 is 0 Å². The van der Waals surface area contributed by atoms with Gasteiger partial charge < -0.3 is 10.5 Å². The largest absolute Gasteiger partial charge is 0.367 e. The molecule has 0 amide bonds. The SMILES string of the molecule is Cl.NCC(OCc1ccc(Cl)cc1Cl)c1ccc(Cl)cc1Cl. The molecule has 0 aliphatic rings. The second-order valence-electron chi connectivity index (χ2n) is 4.44. The third-order valence-electron chi connectivity index (χ3n) is 2.98. The third kappa shape index (κ3) is 5.17. The topological polar surface area (TPSA) is 35.2 Å². The quantitative estimate of drug-likeness (QED) is 0.673. The van der Waals surface area contributed by atoms with Gasteiger partial charge in [0.1, 0.15) is 0 Å². The van der Waals surface area contributed by atoms with Crippen LogP contribution < -0.4 is 5.73 Å². The van der Waals surface area contributed by atoms with Crippen LogP contribution in [0.1, 0.15) is 17.2 Å². The van der Waals surface area contributed by atoms with Crippen molar-refractivity contribution < 1.29 is 4.74 Å². The standard InChI is InChI=1S/C15H13Cl4NO.ClH/c16-10-2-1-9(13(18)5-10)8-21-15(7-20)12-4-3-11(17)6-14(12)19;/h1-6,15H,7-8,20H2;1H. The van der Waals surface area contributed by atoms with Crippen LogP contribution in [-0.4, -0.2) is 6.54 Å². The predicted octanol–water partition coefficient (Wildman–Crippen LogP) is 5.94. The normalized spacial score (nSPS) is 11.9. The van der Waals surface area contributed by atoms with E-state index >= 15 is 0 Å². The lowest BCUT2D eigenvalue weighted by atomic mass is 10.1. The average Bonchev–Trinajstić information content (AvgIpc) is 2.43. The Morgan fingerprint density at radius 1 is 0.909 bits per heavy atom. The van der Waals surface area contributed by atoms with Gasteiger partial charge in [-0.05, 0) is 29.8 Å². The van der Waals surface area contributed by atoms with E-state index in [0.29, 0.717) is 33.2 Å². The van der Waals surface area contributed by atoms with E-state index in [0.717, 1.165) is 11.1 Å². The molecule has 0 saturated heterocycles. The van der Waals surface area contributed by atoms with Gasteiger partial charge in [0.25, 0.3) is 0 Å². The molecule has 0 aliphatic carbocycles. The highest BCUT2D eigenvalue weighted by molar-refractivity contribution is 6.35. The maximum absolute atomic E-state index is 6.17. The smallest absolute Gasteiger partial charge is 0.0966 e. The van der Waals surface area contributed by atoms with Crippen molar-refractivity contribution in [3.05, 3.63) is 67.6 Å². The Labute approximate surface area is 155 Å². The van der Waals surface area contributed by atoms with E-state index in [-0.39, 0.29) is 18.5 Å². The molecule has 0 saturated carbocycles. The zero-order valence-electron chi connectivity index (χ0n) is 11.4. The fourth-order valence-corrected chi connectivity index (χ4v) is 2.87. The molecule has 1 atom stereocenters. The Hall–Kier alpha value is -0.190. The second kappa shape index (κ2) is 9.19. The molecule has 0 aliphatic heterocycles. The summed E-state index contributed by atoms with van der Waals surface area (Å²) in [5, 5.41) is 2.24. The van der Waals surface area contributed by atoms with Crippen molar-refractivity contribution in [2.45, 2.75) is 12.7 Å². The van der Waals surface area contributed by atoms with Gasteiger partial charge in [0, 0.05) is 32.2 Å². The maximum Gasteiger partial charge on any atom is 0.0966 e. The van der Waals surface area contributed by atoms with E-state index in [2.05, 4.69) is 0 Å². The summed E-state index contributed by atoms with van der Waals surface area (Å²) in [5.74, 6) is 0. The Bertz CT molecular complexity index is 635. The van der Waals surface area contributed by atoms with Crippen molar-refractivity contribution in [2.24, 2.45) is 5.73 Å². The van der Waals surface area contributed by atoms with Crippen LogP contribution in [0, 0.1) is 0 Å². The summed E-state index contributed by atoms with van der Waals surface area (Å²) in [6.07, 6.45) is -0.332. The van der Waals surface area contributed by atoms with Crippen molar-refractivity contribution >= 4 is 58.8 Å². The van der Waals surface area contributed by atoms with E-state index in [1.165, 1.54) is 0 Å². The highest BCUT2D eigenvalue weighted by atomic mass is 35.5. The van der Waals surface area contributed by atoms with Crippen LogP contribution >= 0.6 is 58.8 Å². The number of hydrogen-bond acceptors (Lipinski definition) is 2. The van der Waals surface area contributed by atoms with Crippen molar-refractivity contribution in [1.29, 1.82) is 0 Å². The van der Waals surface area contributed by atoms with Crippen LogP contribution in [0.25, 0.3) is 0 Å². The minimum Gasteiger partial charge on any atom is -0.367 e. The molecule has 0 bridgehead atoms. The number of hydrogen-bond donors (Lipinski definition) is 1. The fourth-order valence-electron chi connectivity index (χ4n) is 1.88. The summed E-state index contributed by atoms with van der Waals surface area (Å²) in [6, 6.07) is 10.5. The highest BCUT2D eigenvalue weighted by Gasteiger charge is 2.15. The van der Waals surface area contributed by atoms with E-state index in [1.54, 1.807) is 24.3 Å². The first-order valence-corrected chi connectivity index (χ1v) is 7.73. The summed E-state index contributed by atoms with van der Waals surface area (Å²) in [6.45, 7) is 0.614. The molecule has 2 aromatic rings. The van der Waals surface area contributed by atoms with Crippen LogP contribution in [-0.2, 0) is 11.3 Å². The monoisotopic (exact) mass is 399 g/mol. The first kappa shape index (κ1) is 19.9. The number of ether oxygens (including phenoxy) is 1. The first-order chi connectivity index (χ1) is 10.0. The third-order valence-corrected chi connectivity index (χ3v) is 4.13. The van der Waals surface area contributed by atoms with Gasteiger partial charge in [-0.15, -0.1) is 12.4 Å². The molecule has 22 heavy (non-hydrogen) atoms. The number of nitrogens with two attached hydrogens (primary N) is 1. The summed E-state index contributed by atoms with van der Waals surface area (Å²) in [4.78, 5) is 0. The van der Waals surface area contributed by atoms with Gasteiger partial charge in [0.05, 0.1) is 12.7 Å². The molecule has 2 N–H and O–H groups in total. The van der Waals surface area contributed by atoms with Crippen molar-refractivity contribution in [3.8, 4) is 0 Å². The summed E-state index contributed by atoms with van der Waals surface area (Å²) >= 11 is 24.0. The first-order valence-electron chi connectivity index (χ1n) is 6.22. The molecular weight excluding hydrogens is 387 g/mol. The Kier molecular flexibility index (Phi) is 8.29. The van der Waals surface area contributed by atoms with Crippen LogP contribution in [0.3, 0.4) is 0 Å². The van der Waals surface area contributed by atoms with Crippen molar-refractivity contribution in [1.82, 2.24) is 0 Å². The van der Waals surface area contributed by atoms with Crippen LogP contribution in [0.2, 0.25) is 20.1 Å². The van der Waals surface area contributed by atoms with E-state index in [9.17, 15) is 0 Å². The van der Waals surface area contributed by atoms with Gasteiger partial charge in [-0.3, -0.25) is 0 Å². The zero-order valence-corrected chi connectivity index (χ0v) is 15.2. The molecule has 0 heterocycles. The van der Waals surface area contributed by atoms with Gasteiger partial charge in [-0.2, -0.15) is 0 Å². The van der Waals surface area contributed by atoms with E-state index in [4.69, 9.17) is 56.9 Å². The van der Waals surface area contributed by atoms with Gasteiger partial charge in [-0.25, -0.2) is 0 Å². The lowest BCUT2D eigenvalue weighted by molar-refractivity contribution is 0.0457. The van der Waals surface area contributed by atoms with Crippen molar-refractivity contribution in [3.63, 3.8) is 0 Å². The number of halogens is 5. The van der Waals surface area contributed by atoms with Crippen LogP contribution in [0.4, 0.5) is 0 Å². The lowest BCUT2D eigenvalue weighted by Crippen LogP contribution is -2.16. The fraction of sp³-hybridized carbons (Fsp3) is 0.200. The molecule has 2 nitrogen and oxygen atoms in total. The minimum atomic E-state index is -0.332.